The molecule has 2 unspecified atom stereocenters. The van der Waals surface area contributed by atoms with Gasteiger partial charge in [-0.2, -0.15) is 4.31 Å². The Balaban J connectivity index is 1.46. The van der Waals surface area contributed by atoms with E-state index in [0.29, 0.717) is 11.3 Å². The number of rotatable bonds is 23. The molecule has 1 aliphatic rings. The van der Waals surface area contributed by atoms with Crippen LogP contribution >= 0.6 is 35.2 Å². The highest BCUT2D eigenvalue weighted by atomic mass is 32.2. The number of fused-ring (bicyclic) bond motifs is 1. The van der Waals surface area contributed by atoms with Gasteiger partial charge in [0.2, 0.25) is 16.9 Å². The first-order valence-corrected chi connectivity index (χ1v) is 23.2. The summed E-state index contributed by atoms with van der Waals surface area (Å²) in [5.74, 6) is -1.14. The van der Waals surface area contributed by atoms with Gasteiger partial charge in [-0.3, -0.25) is 32.5 Å². The summed E-state index contributed by atoms with van der Waals surface area (Å²) in [7, 11) is -16.4. The fourth-order valence-electron chi connectivity index (χ4n) is 5.14. The molecule has 0 spiro atoms. The lowest BCUT2D eigenvalue weighted by molar-refractivity contribution is -0.137. The number of carbonyl (C=O) groups excluding carboxylic acids is 3. The van der Waals surface area contributed by atoms with Crippen LogP contribution in [0.2, 0.25) is 0 Å². The van der Waals surface area contributed by atoms with Crippen LogP contribution in [0.3, 0.4) is 0 Å². The number of ether oxygens (including phenoxy) is 1. The van der Waals surface area contributed by atoms with E-state index in [4.69, 9.17) is 19.5 Å². The first-order chi connectivity index (χ1) is 27.3. The Bertz CT molecular complexity index is 2010. The number of thioether (sulfide) groups is 1. The molecule has 10 N–H and O–H groups in total. The van der Waals surface area contributed by atoms with Crippen LogP contribution in [-0.2, 0) is 50.7 Å². The van der Waals surface area contributed by atoms with Gasteiger partial charge >= 0.3 is 23.5 Å². The largest absolute Gasteiger partial charge is 0.481 e. The summed E-state index contributed by atoms with van der Waals surface area (Å²) in [6.45, 7) is 6.20. The lowest BCUT2D eigenvalue weighted by Crippen LogP contribution is -2.46. The van der Waals surface area contributed by atoms with Gasteiger partial charge in [0.25, 0.3) is 0 Å². The number of nitrogen functional groups attached to an aromatic ring is 1. The van der Waals surface area contributed by atoms with Crippen molar-refractivity contribution in [1.82, 2.24) is 30.2 Å². The number of aromatic nitrogens is 4. The molecule has 1 fully saturated rings. The quantitative estimate of drug-likeness (QED) is 0.0329. The van der Waals surface area contributed by atoms with Gasteiger partial charge in [-0.05, 0) is 39.2 Å². The number of nitrogens with one attached hydrogen (secondary N) is 2. The third-order valence-electron chi connectivity index (χ3n) is 8.23. The molecule has 3 rings (SSSR count). The van der Waals surface area contributed by atoms with E-state index >= 15 is 0 Å². The van der Waals surface area contributed by atoms with Crippen molar-refractivity contribution in [2.75, 3.05) is 37.8 Å². The van der Waals surface area contributed by atoms with Crippen LogP contribution < -0.4 is 16.4 Å². The molecule has 2 aromatic rings. The van der Waals surface area contributed by atoms with Gasteiger partial charge < -0.3 is 50.9 Å². The zero-order chi connectivity index (χ0) is 44.3. The number of aliphatic hydroxyl groups is 2. The molecular weight excluding hydrogens is 867 g/mol. The summed E-state index contributed by atoms with van der Waals surface area (Å²) >= 11 is 1.06. The van der Waals surface area contributed by atoms with Gasteiger partial charge in [0.15, 0.2) is 17.7 Å². The van der Waals surface area contributed by atoms with Crippen molar-refractivity contribution in [3.05, 3.63) is 36.0 Å². The summed E-state index contributed by atoms with van der Waals surface area (Å²) in [6.07, 6.45) is -1.42. The lowest BCUT2D eigenvalue weighted by atomic mass is 9.87. The van der Waals surface area contributed by atoms with Crippen molar-refractivity contribution >= 4 is 69.1 Å². The first kappa shape index (κ1) is 50.4. The Morgan fingerprint density at radius 1 is 1.02 bits per heavy atom. The number of hydrogen-bond acceptors (Lipinski definition) is 18. The zero-order valence-electron chi connectivity index (χ0n) is 32.6. The third kappa shape index (κ3) is 16.1. The van der Waals surface area contributed by atoms with Crippen LogP contribution in [-0.4, -0.2) is 123 Å². The fraction of sp³-hybridized carbons (Fsp3) is 0.613. The summed E-state index contributed by atoms with van der Waals surface area (Å²) in [4.78, 5) is 88.1. The van der Waals surface area contributed by atoms with Crippen molar-refractivity contribution in [1.29, 1.82) is 0 Å². The van der Waals surface area contributed by atoms with E-state index in [2.05, 4.69) is 40.5 Å². The van der Waals surface area contributed by atoms with E-state index in [1.165, 1.54) is 19.4 Å². The van der Waals surface area contributed by atoms with Crippen LogP contribution in [0.25, 0.3) is 11.2 Å². The fourth-order valence-corrected chi connectivity index (χ4v) is 8.67. The molecule has 59 heavy (non-hydrogen) atoms. The minimum atomic E-state index is -5.57. The maximum Gasteiger partial charge on any atom is 0.481 e. The van der Waals surface area contributed by atoms with Gasteiger partial charge in [0.1, 0.15) is 36.3 Å². The number of anilines is 1. The average molecular weight is 918 g/mol. The molecule has 3 heterocycles. The Labute approximate surface area is 342 Å². The molecule has 0 saturated carbocycles. The molecule has 0 aromatic carbocycles. The number of allylic oxidation sites excluding steroid dienone is 3. The Hall–Kier alpha value is -2.96. The summed E-state index contributed by atoms with van der Waals surface area (Å²) in [6, 6.07) is 0. The summed E-state index contributed by atoms with van der Waals surface area (Å²) in [5, 5.41) is 26.3. The molecule has 0 aliphatic carbocycles. The lowest BCUT2D eigenvalue weighted by Gasteiger charge is -2.30. The molecule has 332 valence electrons. The van der Waals surface area contributed by atoms with Crippen LogP contribution in [0.5, 0.6) is 0 Å². The number of unbranched alkanes of at least 4 members (excludes halogenated alkanes) is 1. The standard InChI is InChI=1S/C31H50N7O17P3S/c1-18(2)8-6-7-9-19(3)30(43)59-13-12-33-21(39)10-11-34-28(42)25(41)31(4,5)15-52-58(49,50)55-57(47,48)51-14-20-24(54-56(44,45)46)23(40)29(53-20)38-17-37-22-26(32)35-16-36-27(22)38/h8-9,16-17,20,23-25,29,40-41H,6-7,10-15H2,1-5H3,(H,33,39)(H,34,42)(H,47,48)(H,49,50)(H2,32,35,36)(H2,44,45,46)/t20-,23-,24-,25+,29-/m1/s1. The average Bonchev–Trinajstić information content (AvgIpc) is 3.69. The molecular formula is C31H50N7O17P3S. The van der Waals surface area contributed by atoms with E-state index in [1.54, 1.807) is 6.92 Å². The van der Waals surface area contributed by atoms with Crippen molar-refractivity contribution < 1.29 is 80.5 Å². The second-order valence-corrected chi connectivity index (χ2v) is 19.3. The molecule has 24 nitrogen and oxygen atoms in total. The number of nitrogens with zero attached hydrogens (tertiary/aromatic N) is 4. The van der Waals surface area contributed by atoms with Gasteiger partial charge in [0, 0.05) is 30.7 Å². The van der Waals surface area contributed by atoms with Gasteiger partial charge in [-0.15, -0.1) is 0 Å². The monoisotopic (exact) mass is 917 g/mol. The smallest absolute Gasteiger partial charge is 0.386 e. The normalized spacial score (nSPS) is 21.4. The maximum atomic E-state index is 12.7. The minimum Gasteiger partial charge on any atom is -0.386 e. The first-order valence-electron chi connectivity index (χ1n) is 17.7. The Morgan fingerprint density at radius 3 is 2.34 bits per heavy atom. The number of hydrogen-bond donors (Lipinski definition) is 9. The number of amides is 2. The van der Waals surface area contributed by atoms with E-state index < -0.39 is 84.6 Å². The molecule has 28 heteroatoms. The topological polar surface area (TPSA) is 364 Å². The van der Waals surface area contributed by atoms with E-state index in [-0.39, 0.29) is 41.6 Å². The Kier molecular flexibility index (Phi) is 18.5. The third-order valence-corrected chi connectivity index (χ3v) is 12.3. The summed E-state index contributed by atoms with van der Waals surface area (Å²) < 4.78 is 62.2. The van der Waals surface area contributed by atoms with Crippen LogP contribution in [0.15, 0.2) is 36.0 Å². The second-order valence-electron chi connectivity index (χ2n) is 14.0. The van der Waals surface area contributed by atoms with Gasteiger partial charge in [-0.1, -0.05) is 43.3 Å². The van der Waals surface area contributed by atoms with Crippen LogP contribution in [0.4, 0.5) is 5.82 Å². The SMILES string of the molecule is CC(C)=CCCC=C(C)C(=O)SCCNC(=O)CCNC(=O)[C@H](O)C(C)(C)COP(=O)(O)OP(=O)(O)OC[C@H]1O[C@@H](n2cnc3c(N)ncnc32)[C@H](O)[C@@H]1OP(=O)(O)O. The molecule has 1 saturated heterocycles. The maximum absolute atomic E-state index is 12.7. The van der Waals surface area contributed by atoms with Crippen LogP contribution in [0, 0.1) is 5.41 Å². The predicted molar refractivity (Wildman–Crippen MR) is 210 cm³/mol. The number of phosphoric ester groups is 3. The number of imidazole rings is 1. The van der Waals surface area contributed by atoms with Crippen LogP contribution in [0.1, 0.15) is 60.1 Å². The molecule has 1 aliphatic heterocycles. The van der Waals surface area contributed by atoms with Crippen molar-refractivity contribution in [3.8, 4) is 0 Å². The van der Waals surface area contributed by atoms with Crippen molar-refractivity contribution in [2.45, 2.75) is 84.5 Å². The highest BCUT2D eigenvalue weighted by molar-refractivity contribution is 8.14. The summed E-state index contributed by atoms with van der Waals surface area (Å²) in [5.41, 5.74) is 6.08. The Morgan fingerprint density at radius 2 is 1.68 bits per heavy atom. The zero-order valence-corrected chi connectivity index (χ0v) is 36.1. The molecule has 0 radical (unpaired) electrons. The highest BCUT2D eigenvalue weighted by Gasteiger charge is 2.50. The minimum absolute atomic E-state index is 0.0299. The van der Waals surface area contributed by atoms with Crippen molar-refractivity contribution in [2.24, 2.45) is 5.41 Å². The van der Waals surface area contributed by atoms with E-state index in [9.17, 15) is 57.9 Å². The van der Waals surface area contributed by atoms with Gasteiger partial charge in [0.05, 0.1) is 19.5 Å². The van der Waals surface area contributed by atoms with Gasteiger partial charge in [-0.25, -0.2) is 28.6 Å². The number of phosphoric acid groups is 3. The molecule has 2 aromatic heterocycles. The molecule has 7 atom stereocenters. The van der Waals surface area contributed by atoms with E-state index in [1.807, 2.05) is 19.9 Å². The van der Waals surface area contributed by atoms with Crippen molar-refractivity contribution in [3.63, 3.8) is 0 Å². The molecule has 0 bridgehead atoms. The van der Waals surface area contributed by atoms with E-state index in [0.717, 1.165) is 41.8 Å². The highest BCUT2D eigenvalue weighted by Crippen LogP contribution is 2.61. The number of nitrogens with two attached hydrogens (primary N) is 1. The molecule has 2 amide bonds. The number of aliphatic hydroxyl groups excluding tert-OH is 2. The predicted octanol–water partition coefficient (Wildman–Crippen LogP) is 1.36. The number of carbonyl (C=O) groups is 3. The second kappa shape index (κ2) is 21.7.